The van der Waals surface area contributed by atoms with Gasteiger partial charge in [-0.15, -0.1) is 0 Å². The summed E-state index contributed by atoms with van der Waals surface area (Å²) < 4.78 is 0. The van der Waals surface area contributed by atoms with Crippen LogP contribution < -0.4 is 0 Å². The molecule has 0 saturated heterocycles. The Labute approximate surface area is 101 Å². The molecule has 94 valence electrons. The van der Waals surface area contributed by atoms with Crippen LogP contribution in [0.1, 0.15) is 84.0 Å². The summed E-state index contributed by atoms with van der Waals surface area (Å²) in [5.74, 6) is 1.36. The van der Waals surface area contributed by atoms with Crippen molar-refractivity contribution in [3.05, 3.63) is 0 Å². The van der Waals surface area contributed by atoms with Gasteiger partial charge < -0.3 is 0 Å². The Morgan fingerprint density at radius 1 is 0.938 bits per heavy atom. The fourth-order valence-corrected chi connectivity index (χ4v) is 2.68. The van der Waals surface area contributed by atoms with Crippen molar-refractivity contribution in [3.8, 4) is 0 Å². The monoisotopic (exact) mass is 224 g/mol. The lowest BCUT2D eigenvalue weighted by molar-refractivity contribution is -0.121. The number of rotatable bonds is 8. The van der Waals surface area contributed by atoms with E-state index in [9.17, 15) is 4.79 Å². The van der Waals surface area contributed by atoms with Crippen LogP contribution >= 0.6 is 0 Å². The van der Waals surface area contributed by atoms with E-state index >= 15 is 0 Å². The summed E-state index contributed by atoms with van der Waals surface area (Å²) >= 11 is 0. The van der Waals surface area contributed by atoms with E-state index in [1.54, 1.807) is 0 Å². The van der Waals surface area contributed by atoms with Gasteiger partial charge in [0.25, 0.3) is 0 Å². The lowest BCUT2D eigenvalue weighted by Gasteiger charge is -2.20. The normalized spacial score (nSPS) is 17.9. The molecule has 0 amide bonds. The standard InChI is InChI=1S/C15H28O/c1-2-3-4-5-6-7-8-9-14-10-12-15(16)13-11-14/h14H,2-13H2,1H3. The second-order valence-corrected chi connectivity index (χ2v) is 5.39. The van der Waals surface area contributed by atoms with Gasteiger partial charge in [0.1, 0.15) is 5.78 Å². The fraction of sp³-hybridized carbons (Fsp3) is 0.933. The Morgan fingerprint density at radius 3 is 2.12 bits per heavy atom. The zero-order chi connectivity index (χ0) is 11.6. The van der Waals surface area contributed by atoms with Crippen molar-refractivity contribution in [2.24, 2.45) is 5.92 Å². The molecule has 0 heterocycles. The summed E-state index contributed by atoms with van der Waals surface area (Å²) in [6.07, 6.45) is 15.3. The van der Waals surface area contributed by atoms with Crippen molar-refractivity contribution >= 4 is 5.78 Å². The third-order valence-corrected chi connectivity index (χ3v) is 3.88. The lowest BCUT2D eigenvalue weighted by atomic mass is 9.85. The van der Waals surface area contributed by atoms with E-state index in [2.05, 4.69) is 6.92 Å². The first-order chi connectivity index (χ1) is 7.83. The first-order valence-corrected chi connectivity index (χ1v) is 7.34. The number of ketones is 1. The maximum Gasteiger partial charge on any atom is 0.132 e. The van der Waals surface area contributed by atoms with Crippen molar-refractivity contribution in [1.29, 1.82) is 0 Å². The quantitative estimate of drug-likeness (QED) is 0.537. The van der Waals surface area contributed by atoms with Crippen LogP contribution in [0.25, 0.3) is 0 Å². The highest BCUT2D eigenvalue weighted by Gasteiger charge is 2.17. The molecule has 1 rings (SSSR count). The van der Waals surface area contributed by atoms with E-state index in [-0.39, 0.29) is 0 Å². The maximum atomic E-state index is 11.1. The lowest BCUT2D eigenvalue weighted by Crippen LogP contribution is -2.13. The van der Waals surface area contributed by atoms with Crippen molar-refractivity contribution in [3.63, 3.8) is 0 Å². The molecule has 0 N–H and O–H groups in total. The van der Waals surface area contributed by atoms with Crippen LogP contribution in [-0.4, -0.2) is 5.78 Å². The van der Waals surface area contributed by atoms with E-state index in [1.165, 1.54) is 64.2 Å². The van der Waals surface area contributed by atoms with Crippen LogP contribution in [0.15, 0.2) is 0 Å². The number of carbonyl (C=O) groups excluding carboxylic acids is 1. The van der Waals surface area contributed by atoms with E-state index in [1.807, 2.05) is 0 Å². The summed E-state index contributed by atoms with van der Waals surface area (Å²) in [5, 5.41) is 0. The first kappa shape index (κ1) is 13.7. The summed E-state index contributed by atoms with van der Waals surface area (Å²) in [5.41, 5.74) is 0. The molecule has 0 aliphatic heterocycles. The van der Waals surface area contributed by atoms with Crippen LogP contribution in [0.3, 0.4) is 0 Å². The third-order valence-electron chi connectivity index (χ3n) is 3.88. The molecule has 1 nitrogen and oxygen atoms in total. The maximum absolute atomic E-state index is 11.1. The molecule has 1 aliphatic rings. The molecule has 0 bridgehead atoms. The molecule has 16 heavy (non-hydrogen) atoms. The van der Waals surface area contributed by atoms with Crippen LogP contribution in [-0.2, 0) is 4.79 Å². The van der Waals surface area contributed by atoms with Crippen molar-refractivity contribution in [2.45, 2.75) is 84.0 Å². The first-order valence-electron chi connectivity index (χ1n) is 7.34. The smallest absolute Gasteiger partial charge is 0.132 e. The predicted octanol–water partition coefficient (Wildman–Crippen LogP) is 4.89. The Bertz CT molecular complexity index is 176. The van der Waals surface area contributed by atoms with E-state index in [4.69, 9.17) is 0 Å². The van der Waals surface area contributed by atoms with Gasteiger partial charge in [-0.25, -0.2) is 0 Å². The predicted molar refractivity (Wildman–Crippen MR) is 69.6 cm³/mol. The van der Waals surface area contributed by atoms with Gasteiger partial charge in [0.05, 0.1) is 0 Å². The molecule has 0 spiro atoms. The second kappa shape index (κ2) is 8.78. The van der Waals surface area contributed by atoms with Gasteiger partial charge in [-0.05, 0) is 18.8 Å². The highest BCUT2D eigenvalue weighted by atomic mass is 16.1. The highest BCUT2D eigenvalue weighted by Crippen LogP contribution is 2.26. The SMILES string of the molecule is CCCCCCCCCC1CCC(=O)CC1. The number of Topliss-reactive ketones (excluding diaryl/α,β-unsaturated/α-hetero) is 1. The van der Waals surface area contributed by atoms with Gasteiger partial charge in [-0.2, -0.15) is 0 Å². The Balaban J connectivity index is 1.85. The molecule has 1 fully saturated rings. The zero-order valence-corrected chi connectivity index (χ0v) is 11.0. The van der Waals surface area contributed by atoms with Crippen LogP contribution in [0.5, 0.6) is 0 Å². The molecule has 0 aromatic rings. The van der Waals surface area contributed by atoms with E-state index in [0.717, 1.165) is 18.8 Å². The molecular weight excluding hydrogens is 196 g/mol. The Kier molecular flexibility index (Phi) is 7.54. The van der Waals surface area contributed by atoms with Crippen molar-refractivity contribution in [2.75, 3.05) is 0 Å². The van der Waals surface area contributed by atoms with Crippen molar-refractivity contribution in [1.82, 2.24) is 0 Å². The molecule has 0 atom stereocenters. The summed E-state index contributed by atoms with van der Waals surface area (Å²) in [6, 6.07) is 0. The molecule has 1 aliphatic carbocycles. The summed E-state index contributed by atoms with van der Waals surface area (Å²) in [6.45, 7) is 2.27. The second-order valence-electron chi connectivity index (χ2n) is 5.39. The molecule has 0 aromatic carbocycles. The van der Waals surface area contributed by atoms with E-state index in [0.29, 0.717) is 5.78 Å². The minimum atomic E-state index is 0.496. The molecule has 0 aromatic heterocycles. The molecular formula is C15H28O. The molecule has 0 unspecified atom stereocenters. The topological polar surface area (TPSA) is 17.1 Å². The van der Waals surface area contributed by atoms with Crippen LogP contribution in [0.2, 0.25) is 0 Å². The van der Waals surface area contributed by atoms with Crippen LogP contribution in [0, 0.1) is 5.92 Å². The average Bonchev–Trinajstić information content (AvgIpc) is 2.30. The van der Waals surface area contributed by atoms with Gasteiger partial charge in [-0.1, -0.05) is 58.3 Å². The number of unbranched alkanes of at least 4 members (excludes halogenated alkanes) is 6. The minimum Gasteiger partial charge on any atom is -0.300 e. The zero-order valence-electron chi connectivity index (χ0n) is 11.0. The number of hydrogen-bond donors (Lipinski definition) is 0. The molecule has 1 heteroatoms. The van der Waals surface area contributed by atoms with Gasteiger partial charge in [0.15, 0.2) is 0 Å². The van der Waals surface area contributed by atoms with Gasteiger partial charge in [-0.3, -0.25) is 4.79 Å². The van der Waals surface area contributed by atoms with Crippen molar-refractivity contribution < 1.29 is 4.79 Å². The molecule has 1 saturated carbocycles. The highest BCUT2D eigenvalue weighted by molar-refractivity contribution is 5.78. The summed E-state index contributed by atoms with van der Waals surface area (Å²) in [4.78, 5) is 11.1. The van der Waals surface area contributed by atoms with Crippen LogP contribution in [0.4, 0.5) is 0 Å². The Hall–Kier alpha value is -0.330. The molecule has 0 radical (unpaired) electrons. The van der Waals surface area contributed by atoms with Gasteiger partial charge in [0, 0.05) is 12.8 Å². The summed E-state index contributed by atoms with van der Waals surface area (Å²) in [7, 11) is 0. The van der Waals surface area contributed by atoms with E-state index < -0.39 is 0 Å². The number of carbonyl (C=O) groups is 1. The Morgan fingerprint density at radius 2 is 1.50 bits per heavy atom. The van der Waals surface area contributed by atoms with Gasteiger partial charge >= 0.3 is 0 Å². The largest absolute Gasteiger partial charge is 0.300 e. The third kappa shape index (κ3) is 6.30. The van der Waals surface area contributed by atoms with Gasteiger partial charge in [0.2, 0.25) is 0 Å². The fourth-order valence-electron chi connectivity index (χ4n) is 2.68. The number of hydrogen-bond acceptors (Lipinski definition) is 1. The average molecular weight is 224 g/mol. The minimum absolute atomic E-state index is 0.496.